The monoisotopic (exact) mass is 481 g/mol. The number of nitrogens with zero attached hydrogens (tertiary/aromatic N) is 4. The summed E-state index contributed by atoms with van der Waals surface area (Å²) >= 11 is 3.45. The standard InChI is InChI=1S/C25H31N5OS2/c1-4-30-24(21-7-5-6-18(2)14-21)27-28-25(30)33-17-23(31)26-22-9-8-20(15-19(22)3)16-29-10-12-32-13-11-29/h5-9,14-15H,4,10-13,16-17H2,1-3H3,(H,26,31). The van der Waals surface area contributed by atoms with E-state index >= 15 is 0 Å². The first-order chi connectivity index (χ1) is 16.0. The van der Waals surface area contributed by atoms with Gasteiger partial charge in [0.25, 0.3) is 0 Å². The highest BCUT2D eigenvalue weighted by atomic mass is 32.2. The zero-order valence-corrected chi connectivity index (χ0v) is 21.1. The SMILES string of the molecule is CCn1c(SCC(=O)Nc2ccc(CN3CCSCC3)cc2C)nnc1-c1cccc(C)c1. The van der Waals surface area contributed by atoms with Crippen molar-refractivity contribution >= 4 is 35.1 Å². The molecule has 1 saturated heterocycles. The lowest BCUT2D eigenvalue weighted by Crippen LogP contribution is -2.31. The first kappa shape index (κ1) is 23.9. The molecule has 0 saturated carbocycles. The van der Waals surface area contributed by atoms with Crippen molar-refractivity contribution in [3.05, 3.63) is 59.2 Å². The summed E-state index contributed by atoms with van der Waals surface area (Å²) in [4.78, 5) is 15.2. The summed E-state index contributed by atoms with van der Waals surface area (Å²) in [6, 6.07) is 14.6. The van der Waals surface area contributed by atoms with E-state index in [1.165, 1.54) is 34.4 Å². The van der Waals surface area contributed by atoms with Gasteiger partial charge in [-0.05, 0) is 44.0 Å². The molecule has 1 aliphatic heterocycles. The number of rotatable bonds is 8. The Bertz CT molecular complexity index is 1110. The van der Waals surface area contributed by atoms with Crippen LogP contribution in [0.1, 0.15) is 23.6 Å². The van der Waals surface area contributed by atoms with E-state index in [-0.39, 0.29) is 5.91 Å². The van der Waals surface area contributed by atoms with E-state index < -0.39 is 0 Å². The molecule has 1 fully saturated rings. The largest absolute Gasteiger partial charge is 0.325 e. The third-order valence-electron chi connectivity index (χ3n) is 5.72. The van der Waals surface area contributed by atoms with Crippen molar-refractivity contribution in [2.75, 3.05) is 35.7 Å². The van der Waals surface area contributed by atoms with Crippen LogP contribution >= 0.6 is 23.5 Å². The number of anilines is 1. The molecule has 174 valence electrons. The number of amides is 1. The molecule has 0 bridgehead atoms. The van der Waals surface area contributed by atoms with Crippen LogP contribution in [-0.4, -0.2) is 55.9 Å². The number of aryl methyl sites for hydroxylation is 2. The highest BCUT2D eigenvalue weighted by Gasteiger charge is 2.16. The van der Waals surface area contributed by atoms with Gasteiger partial charge in [-0.25, -0.2) is 0 Å². The Balaban J connectivity index is 1.36. The molecule has 0 spiro atoms. The lowest BCUT2D eigenvalue weighted by molar-refractivity contribution is -0.113. The molecule has 1 amide bonds. The van der Waals surface area contributed by atoms with Crippen molar-refractivity contribution in [3.8, 4) is 11.4 Å². The van der Waals surface area contributed by atoms with Gasteiger partial charge >= 0.3 is 0 Å². The van der Waals surface area contributed by atoms with E-state index in [9.17, 15) is 4.79 Å². The summed E-state index contributed by atoms with van der Waals surface area (Å²) in [5, 5.41) is 12.6. The molecule has 2 aromatic carbocycles. The Labute approximate surface area is 204 Å². The molecule has 33 heavy (non-hydrogen) atoms. The molecule has 6 nitrogen and oxygen atoms in total. The number of hydrogen-bond acceptors (Lipinski definition) is 6. The molecule has 0 radical (unpaired) electrons. The van der Waals surface area contributed by atoms with Gasteiger partial charge in [-0.15, -0.1) is 10.2 Å². The summed E-state index contributed by atoms with van der Waals surface area (Å²) in [5.74, 6) is 3.51. The van der Waals surface area contributed by atoms with Crippen LogP contribution in [-0.2, 0) is 17.9 Å². The Morgan fingerprint density at radius 1 is 1.12 bits per heavy atom. The van der Waals surface area contributed by atoms with Crippen molar-refractivity contribution < 1.29 is 4.79 Å². The number of hydrogen-bond donors (Lipinski definition) is 1. The van der Waals surface area contributed by atoms with Crippen LogP contribution in [0.3, 0.4) is 0 Å². The average Bonchev–Trinajstić information content (AvgIpc) is 3.23. The van der Waals surface area contributed by atoms with Crippen molar-refractivity contribution in [1.29, 1.82) is 0 Å². The van der Waals surface area contributed by atoms with Crippen LogP contribution in [0, 0.1) is 13.8 Å². The van der Waals surface area contributed by atoms with Crippen LogP contribution in [0.2, 0.25) is 0 Å². The van der Waals surface area contributed by atoms with Crippen molar-refractivity contribution in [2.45, 2.75) is 39.0 Å². The van der Waals surface area contributed by atoms with Gasteiger partial charge in [0.1, 0.15) is 0 Å². The van der Waals surface area contributed by atoms with Gasteiger partial charge in [0.15, 0.2) is 11.0 Å². The lowest BCUT2D eigenvalue weighted by Gasteiger charge is -2.26. The Morgan fingerprint density at radius 3 is 2.67 bits per heavy atom. The van der Waals surface area contributed by atoms with E-state index in [1.54, 1.807) is 0 Å². The molecule has 0 unspecified atom stereocenters. The van der Waals surface area contributed by atoms with E-state index in [0.29, 0.717) is 5.75 Å². The molecule has 1 N–H and O–H groups in total. The number of carbonyl (C=O) groups is 1. The lowest BCUT2D eigenvalue weighted by atomic mass is 10.1. The molecular weight excluding hydrogens is 450 g/mol. The Hall–Kier alpha value is -2.29. The second kappa shape index (κ2) is 11.2. The summed E-state index contributed by atoms with van der Waals surface area (Å²) in [7, 11) is 0. The minimum Gasteiger partial charge on any atom is -0.325 e. The predicted molar refractivity (Wildman–Crippen MR) is 139 cm³/mol. The fourth-order valence-corrected chi connectivity index (χ4v) is 5.76. The van der Waals surface area contributed by atoms with E-state index in [0.717, 1.165) is 54.0 Å². The van der Waals surface area contributed by atoms with Crippen LogP contribution in [0.4, 0.5) is 5.69 Å². The molecule has 3 aromatic rings. The van der Waals surface area contributed by atoms with Crippen LogP contribution in [0.15, 0.2) is 47.6 Å². The maximum absolute atomic E-state index is 12.7. The highest BCUT2D eigenvalue weighted by Crippen LogP contribution is 2.25. The first-order valence-corrected chi connectivity index (χ1v) is 13.5. The van der Waals surface area contributed by atoms with Gasteiger partial charge in [-0.2, -0.15) is 11.8 Å². The smallest absolute Gasteiger partial charge is 0.234 e. The van der Waals surface area contributed by atoms with Gasteiger partial charge in [0.05, 0.1) is 5.75 Å². The fourth-order valence-electron chi connectivity index (χ4n) is 3.98. The van der Waals surface area contributed by atoms with Crippen molar-refractivity contribution in [2.24, 2.45) is 0 Å². The number of benzene rings is 2. The maximum Gasteiger partial charge on any atom is 0.234 e. The van der Waals surface area contributed by atoms with Gasteiger partial charge < -0.3 is 9.88 Å². The van der Waals surface area contributed by atoms with Gasteiger partial charge in [0.2, 0.25) is 5.91 Å². The zero-order valence-electron chi connectivity index (χ0n) is 19.5. The molecule has 1 aromatic heterocycles. The topological polar surface area (TPSA) is 63.1 Å². The minimum atomic E-state index is -0.0355. The number of aromatic nitrogens is 3. The van der Waals surface area contributed by atoms with Gasteiger partial charge in [-0.3, -0.25) is 9.69 Å². The van der Waals surface area contributed by atoms with Crippen molar-refractivity contribution in [1.82, 2.24) is 19.7 Å². The number of carbonyl (C=O) groups excluding carboxylic acids is 1. The number of nitrogens with one attached hydrogen (secondary N) is 1. The number of thioether (sulfide) groups is 2. The molecule has 1 aliphatic rings. The summed E-state index contributed by atoms with van der Waals surface area (Å²) < 4.78 is 2.06. The Kier molecular flexibility index (Phi) is 8.11. The summed E-state index contributed by atoms with van der Waals surface area (Å²) in [6.07, 6.45) is 0. The van der Waals surface area contributed by atoms with Crippen LogP contribution in [0.5, 0.6) is 0 Å². The Morgan fingerprint density at radius 2 is 1.94 bits per heavy atom. The second-order valence-electron chi connectivity index (χ2n) is 8.29. The highest BCUT2D eigenvalue weighted by molar-refractivity contribution is 7.99. The van der Waals surface area contributed by atoms with Gasteiger partial charge in [-0.1, -0.05) is 47.7 Å². The molecule has 4 rings (SSSR count). The molecule has 0 atom stereocenters. The normalized spacial score (nSPS) is 14.4. The van der Waals surface area contributed by atoms with E-state index in [2.05, 4.69) is 70.0 Å². The summed E-state index contributed by atoms with van der Waals surface area (Å²) in [6.45, 7) is 10.2. The van der Waals surface area contributed by atoms with Crippen LogP contribution < -0.4 is 5.32 Å². The predicted octanol–water partition coefficient (Wildman–Crippen LogP) is 4.86. The third-order valence-corrected chi connectivity index (χ3v) is 7.63. The fraction of sp³-hybridized carbons (Fsp3) is 0.400. The second-order valence-corrected chi connectivity index (χ2v) is 10.5. The molecule has 8 heteroatoms. The van der Waals surface area contributed by atoms with E-state index in [1.807, 2.05) is 30.0 Å². The van der Waals surface area contributed by atoms with E-state index in [4.69, 9.17) is 0 Å². The molecule has 2 heterocycles. The first-order valence-electron chi connectivity index (χ1n) is 11.4. The minimum absolute atomic E-state index is 0.0355. The van der Waals surface area contributed by atoms with Crippen LogP contribution in [0.25, 0.3) is 11.4 Å². The quantitative estimate of drug-likeness (QED) is 0.464. The molecular formula is C25H31N5OS2. The van der Waals surface area contributed by atoms with Crippen molar-refractivity contribution in [3.63, 3.8) is 0 Å². The third kappa shape index (κ3) is 6.19. The maximum atomic E-state index is 12.7. The van der Waals surface area contributed by atoms with Gasteiger partial charge in [0, 0.05) is 48.9 Å². The average molecular weight is 482 g/mol. The zero-order chi connectivity index (χ0) is 23.2. The summed E-state index contributed by atoms with van der Waals surface area (Å²) in [5.41, 5.74) is 5.49. The molecule has 0 aliphatic carbocycles.